The minimum Gasteiger partial charge on any atom is -0.486 e. The standard InChI is InChI=1S/C25H19N3O2/c1-3-7-17(8-4-1)15-28-16-20-24(18-9-5-2-6-10-18)26-27-25(20)19-13-22-23(14-21(19)28)30-12-11-29-22/h1-10,13-14,16H,11-12,15H2. The summed E-state index contributed by atoms with van der Waals surface area (Å²) in [5.74, 6) is 1.54. The van der Waals surface area contributed by atoms with Crippen molar-refractivity contribution in [2.45, 2.75) is 6.54 Å². The lowest BCUT2D eigenvalue weighted by Crippen LogP contribution is -2.15. The van der Waals surface area contributed by atoms with Gasteiger partial charge in [-0.05, 0) is 11.6 Å². The first-order valence-electron chi connectivity index (χ1n) is 10.0. The molecule has 0 aromatic heterocycles. The zero-order chi connectivity index (χ0) is 19.9. The van der Waals surface area contributed by atoms with Gasteiger partial charge in [-0.15, -0.1) is 10.2 Å². The fourth-order valence-electron chi connectivity index (χ4n) is 4.09. The van der Waals surface area contributed by atoms with Crippen molar-refractivity contribution in [3.63, 3.8) is 0 Å². The van der Waals surface area contributed by atoms with E-state index in [1.165, 1.54) is 5.56 Å². The molecule has 0 spiro atoms. The number of ether oxygens (including phenoxy) is 2. The number of hydrogen-bond donors (Lipinski definition) is 0. The molecule has 3 aliphatic heterocycles. The van der Waals surface area contributed by atoms with E-state index in [4.69, 9.17) is 9.47 Å². The van der Waals surface area contributed by atoms with Gasteiger partial charge in [-0.25, -0.2) is 0 Å². The number of fused-ring (bicyclic) bond motifs is 4. The average molecular weight is 393 g/mol. The van der Waals surface area contributed by atoms with E-state index in [-0.39, 0.29) is 0 Å². The van der Waals surface area contributed by atoms with Crippen LogP contribution in [0.4, 0.5) is 0 Å². The molecule has 3 aromatic carbocycles. The summed E-state index contributed by atoms with van der Waals surface area (Å²) < 4.78 is 13.9. The van der Waals surface area contributed by atoms with Crippen molar-refractivity contribution in [2.75, 3.05) is 13.2 Å². The number of rotatable bonds is 3. The lowest BCUT2D eigenvalue weighted by Gasteiger charge is -2.21. The molecule has 0 saturated heterocycles. The summed E-state index contributed by atoms with van der Waals surface area (Å²) in [6.45, 7) is 1.86. The van der Waals surface area contributed by atoms with Gasteiger partial charge in [0.2, 0.25) is 0 Å². The monoisotopic (exact) mass is 393 g/mol. The van der Waals surface area contributed by atoms with Crippen molar-refractivity contribution in [1.82, 2.24) is 14.8 Å². The summed E-state index contributed by atoms with van der Waals surface area (Å²) in [5, 5.41) is 10.1. The Morgan fingerprint density at radius 1 is 0.767 bits per heavy atom. The van der Waals surface area contributed by atoms with Gasteiger partial charge in [-0.1, -0.05) is 60.7 Å². The molecule has 30 heavy (non-hydrogen) atoms. The summed E-state index contributed by atoms with van der Waals surface area (Å²) in [4.78, 5) is 0. The maximum absolute atomic E-state index is 5.85. The molecule has 0 radical (unpaired) electrons. The van der Waals surface area contributed by atoms with Crippen molar-refractivity contribution < 1.29 is 9.47 Å². The van der Waals surface area contributed by atoms with E-state index < -0.39 is 0 Å². The molecule has 0 N–H and O–H groups in total. The zero-order valence-electron chi connectivity index (χ0n) is 16.3. The highest BCUT2D eigenvalue weighted by Crippen LogP contribution is 2.41. The molecule has 0 fully saturated rings. The SMILES string of the molecule is c1ccc(Cn2cc3c(-c4ccccc4)nnc-3c3cc4c(cc32)OCCO4)cc1. The number of pyridine rings is 1. The zero-order valence-corrected chi connectivity index (χ0v) is 16.3. The van der Waals surface area contributed by atoms with Crippen LogP contribution in [0.3, 0.4) is 0 Å². The van der Waals surface area contributed by atoms with E-state index in [0.29, 0.717) is 13.2 Å². The maximum atomic E-state index is 5.85. The van der Waals surface area contributed by atoms with Gasteiger partial charge in [0.05, 0.1) is 5.52 Å². The molecule has 5 heteroatoms. The molecule has 0 saturated carbocycles. The van der Waals surface area contributed by atoms with Crippen LogP contribution in [0.2, 0.25) is 0 Å². The Labute approximate surface area is 173 Å². The Morgan fingerprint density at radius 3 is 2.20 bits per heavy atom. The van der Waals surface area contributed by atoms with E-state index >= 15 is 0 Å². The molecule has 6 rings (SSSR count). The topological polar surface area (TPSA) is 49.2 Å². The van der Waals surface area contributed by atoms with E-state index in [0.717, 1.165) is 51.5 Å². The van der Waals surface area contributed by atoms with Crippen LogP contribution in [0.15, 0.2) is 79.0 Å². The Kier molecular flexibility index (Phi) is 3.91. The van der Waals surface area contributed by atoms with Gasteiger partial charge in [0, 0.05) is 35.3 Å². The van der Waals surface area contributed by atoms with E-state index in [9.17, 15) is 0 Å². The molecule has 3 aromatic rings. The molecule has 3 heterocycles. The van der Waals surface area contributed by atoms with Crippen molar-refractivity contribution >= 4 is 10.9 Å². The van der Waals surface area contributed by atoms with Gasteiger partial charge in [0.25, 0.3) is 0 Å². The molecule has 3 aliphatic rings. The Morgan fingerprint density at radius 2 is 1.43 bits per heavy atom. The smallest absolute Gasteiger partial charge is 0.163 e. The summed E-state index contributed by atoms with van der Waals surface area (Å²) in [6, 6.07) is 24.7. The average Bonchev–Trinajstić information content (AvgIpc) is 3.23. The third kappa shape index (κ3) is 2.78. The normalized spacial score (nSPS) is 13.1. The summed E-state index contributed by atoms with van der Waals surface area (Å²) in [7, 11) is 0. The van der Waals surface area contributed by atoms with Gasteiger partial charge in [-0.3, -0.25) is 0 Å². The second-order valence-corrected chi connectivity index (χ2v) is 7.43. The summed E-state index contributed by atoms with van der Waals surface area (Å²) in [5.41, 5.74) is 6.14. The third-order valence-corrected chi connectivity index (χ3v) is 5.51. The maximum Gasteiger partial charge on any atom is 0.163 e. The van der Waals surface area contributed by atoms with Crippen molar-refractivity contribution in [1.29, 1.82) is 0 Å². The molecule has 0 unspecified atom stereocenters. The fourth-order valence-corrected chi connectivity index (χ4v) is 4.09. The molecular weight excluding hydrogens is 374 g/mol. The van der Waals surface area contributed by atoms with Crippen LogP contribution in [0.1, 0.15) is 5.56 Å². The highest BCUT2D eigenvalue weighted by atomic mass is 16.6. The molecule has 0 bridgehead atoms. The van der Waals surface area contributed by atoms with E-state index in [2.05, 4.69) is 63.4 Å². The predicted molar refractivity (Wildman–Crippen MR) is 116 cm³/mol. The molecule has 5 nitrogen and oxygen atoms in total. The lowest BCUT2D eigenvalue weighted by atomic mass is 10.0. The number of benzene rings is 3. The minimum absolute atomic E-state index is 0.556. The van der Waals surface area contributed by atoms with Crippen molar-refractivity contribution in [2.24, 2.45) is 0 Å². The number of aromatic nitrogens is 3. The predicted octanol–water partition coefficient (Wildman–Crippen LogP) is 5.02. The van der Waals surface area contributed by atoms with Crippen LogP contribution in [0, 0.1) is 0 Å². The highest BCUT2D eigenvalue weighted by molar-refractivity contribution is 5.99. The van der Waals surface area contributed by atoms with Crippen LogP contribution in [0.25, 0.3) is 33.4 Å². The summed E-state index contributed by atoms with van der Waals surface area (Å²) >= 11 is 0. The van der Waals surface area contributed by atoms with Gasteiger partial charge >= 0.3 is 0 Å². The highest BCUT2D eigenvalue weighted by Gasteiger charge is 2.23. The number of hydrogen-bond acceptors (Lipinski definition) is 4. The number of nitrogens with zero attached hydrogens (tertiary/aromatic N) is 3. The van der Waals surface area contributed by atoms with Crippen LogP contribution in [-0.4, -0.2) is 28.0 Å². The molecular formula is C25H19N3O2. The lowest BCUT2D eigenvalue weighted by molar-refractivity contribution is 0.172. The summed E-state index contributed by atoms with van der Waals surface area (Å²) in [6.07, 6.45) is 2.16. The fraction of sp³-hybridized carbons (Fsp3) is 0.120. The molecule has 146 valence electrons. The van der Waals surface area contributed by atoms with Crippen LogP contribution >= 0.6 is 0 Å². The Balaban J connectivity index is 1.62. The molecule has 0 aliphatic carbocycles. The molecule has 0 atom stereocenters. The van der Waals surface area contributed by atoms with Gasteiger partial charge < -0.3 is 14.0 Å². The second kappa shape index (κ2) is 6.88. The van der Waals surface area contributed by atoms with Crippen LogP contribution < -0.4 is 9.47 Å². The minimum atomic E-state index is 0.556. The van der Waals surface area contributed by atoms with Crippen molar-refractivity contribution in [3.8, 4) is 34.0 Å². The van der Waals surface area contributed by atoms with Gasteiger partial charge in [0.1, 0.15) is 24.6 Å². The Bertz CT molecular complexity index is 1310. The Hall–Kier alpha value is -3.86. The third-order valence-electron chi connectivity index (χ3n) is 5.51. The van der Waals surface area contributed by atoms with Crippen molar-refractivity contribution in [3.05, 3.63) is 84.6 Å². The first-order chi connectivity index (χ1) is 14.9. The van der Waals surface area contributed by atoms with Gasteiger partial charge in [-0.2, -0.15) is 0 Å². The van der Waals surface area contributed by atoms with E-state index in [1.807, 2.05) is 30.3 Å². The molecule has 0 amide bonds. The van der Waals surface area contributed by atoms with E-state index in [1.54, 1.807) is 0 Å². The largest absolute Gasteiger partial charge is 0.486 e. The first kappa shape index (κ1) is 17.0. The van der Waals surface area contributed by atoms with Gasteiger partial charge in [0.15, 0.2) is 11.5 Å². The quantitative estimate of drug-likeness (QED) is 0.432. The van der Waals surface area contributed by atoms with Crippen LogP contribution in [0.5, 0.6) is 11.5 Å². The second-order valence-electron chi connectivity index (χ2n) is 7.43. The first-order valence-corrected chi connectivity index (χ1v) is 10.0. The van der Waals surface area contributed by atoms with Crippen LogP contribution in [-0.2, 0) is 6.54 Å².